The summed E-state index contributed by atoms with van der Waals surface area (Å²) in [6.45, 7) is -0.668. The van der Waals surface area contributed by atoms with E-state index in [9.17, 15) is 19.5 Å². The predicted octanol–water partition coefficient (Wildman–Crippen LogP) is -0.480. The van der Waals surface area contributed by atoms with Crippen molar-refractivity contribution in [1.29, 1.82) is 0 Å². The SMILES string of the molecule is NC(=O)OCC(=O)NC(=O)C(O)c1cccs1. The van der Waals surface area contributed by atoms with Gasteiger partial charge in [-0.2, -0.15) is 0 Å². The van der Waals surface area contributed by atoms with Gasteiger partial charge in [-0.3, -0.25) is 14.9 Å². The molecule has 1 atom stereocenters. The summed E-state index contributed by atoms with van der Waals surface area (Å²) in [5.41, 5.74) is 4.63. The minimum absolute atomic E-state index is 0.408. The number of amides is 3. The number of hydrogen-bond acceptors (Lipinski definition) is 6. The quantitative estimate of drug-likeness (QED) is 0.674. The lowest BCUT2D eigenvalue weighted by molar-refractivity contribution is -0.137. The summed E-state index contributed by atoms with van der Waals surface area (Å²) < 4.78 is 4.17. The third-order valence-corrected chi connectivity index (χ3v) is 2.59. The molecule has 7 nitrogen and oxygen atoms in total. The van der Waals surface area contributed by atoms with Crippen molar-refractivity contribution in [3.63, 3.8) is 0 Å². The Balaban J connectivity index is 2.44. The first-order valence-corrected chi connectivity index (χ1v) is 5.36. The van der Waals surface area contributed by atoms with Gasteiger partial charge in [-0.05, 0) is 11.4 Å². The van der Waals surface area contributed by atoms with Gasteiger partial charge in [0.25, 0.3) is 11.8 Å². The van der Waals surface area contributed by atoms with Crippen LogP contribution >= 0.6 is 11.3 Å². The van der Waals surface area contributed by atoms with Crippen LogP contribution in [0.15, 0.2) is 17.5 Å². The van der Waals surface area contributed by atoms with Gasteiger partial charge in [0.05, 0.1) is 0 Å². The van der Waals surface area contributed by atoms with Gasteiger partial charge >= 0.3 is 6.09 Å². The third kappa shape index (κ3) is 4.21. The highest BCUT2D eigenvalue weighted by atomic mass is 32.1. The summed E-state index contributed by atoms with van der Waals surface area (Å²) in [6.07, 6.45) is -2.54. The van der Waals surface area contributed by atoms with Gasteiger partial charge < -0.3 is 15.6 Å². The first kappa shape index (κ1) is 13.1. The smallest absolute Gasteiger partial charge is 0.405 e. The summed E-state index contributed by atoms with van der Waals surface area (Å²) in [6, 6.07) is 3.22. The second kappa shape index (κ2) is 5.97. The lowest BCUT2D eigenvalue weighted by atomic mass is 10.3. The number of primary amides is 1. The van der Waals surface area contributed by atoms with Gasteiger partial charge in [-0.25, -0.2) is 4.79 Å². The maximum absolute atomic E-state index is 11.3. The van der Waals surface area contributed by atoms with Gasteiger partial charge in [-0.15, -0.1) is 11.3 Å². The molecule has 1 aromatic heterocycles. The van der Waals surface area contributed by atoms with E-state index in [1.807, 2.05) is 5.32 Å². The number of rotatable bonds is 4. The number of ether oxygens (including phenoxy) is 1. The molecule has 0 aliphatic heterocycles. The number of aliphatic hydroxyl groups is 1. The molecule has 0 bridgehead atoms. The van der Waals surface area contributed by atoms with Crippen molar-refractivity contribution in [2.75, 3.05) is 6.61 Å². The van der Waals surface area contributed by atoms with Gasteiger partial charge in [0.1, 0.15) is 0 Å². The van der Waals surface area contributed by atoms with Crippen LogP contribution in [0.25, 0.3) is 0 Å². The largest absolute Gasteiger partial charge is 0.440 e. The van der Waals surface area contributed by atoms with Crippen LogP contribution in [0.4, 0.5) is 4.79 Å². The van der Waals surface area contributed by atoms with Gasteiger partial charge in [0.2, 0.25) is 0 Å². The summed E-state index contributed by atoms with van der Waals surface area (Å²) in [4.78, 5) is 33.0. The summed E-state index contributed by atoms with van der Waals surface area (Å²) in [5, 5.41) is 13.1. The van der Waals surface area contributed by atoms with Crippen LogP contribution in [0.1, 0.15) is 11.0 Å². The normalized spacial score (nSPS) is 11.6. The maximum atomic E-state index is 11.3. The van der Waals surface area contributed by atoms with Gasteiger partial charge in [-0.1, -0.05) is 6.07 Å². The molecule has 0 saturated heterocycles. The number of imide groups is 1. The molecule has 0 radical (unpaired) electrons. The Kier molecular flexibility index (Phi) is 4.61. The molecule has 0 fully saturated rings. The minimum Gasteiger partial charge on any atom is -0.440 e. The monoisotopic (exact) mass is 258 g/mol. The second-order valence-electron chi connectivity index (χ2n) is 2.94. The van der Waals surface area contributed by atoms with Crippen LogP contribution in [-0.2, 0) is 14.3 Å². The molecule has 92 valence electrons. The molecule has 3 amide bonds. The third-order valence-electron chi connectivity index (χ3n) is 1.67. The zero-order chi connectivity index (χ0) is 12.8. The zero-order valence-corrected chi connectivity index (χ0v) is 9.40. The highest BCUT2D eigenvalue weighted by molar-refractivity contribution is 7.10. The van der Waals surface area contributed by atoms with Crippen LogP contribution in [0.5, 0.6) is 0 Å². The molecule has 0 spiro atoms. The molecule has 1 aromatic rings. The van der Waals surface area contributed by atoms with Gasteiger partial charge in [0, 0.05) is 4.88 Å². The van der Waals surface area contributed by atoms with Crippen LogP contribution in [0.2, 0.25) is 0 Å². The molecule has 0 aliphatic carbocycles. The van der Waals surface area contributed by atoms with Gasteiger partial charge in [0.15, 0.2) is 12.7 Å². The lowest BCUT2D eigenvalue weighted by Crippen LogP contribution is -2.37. The Morgan fingerprint density at radius 1 is 1.53 bits per heavy atom. The lowest BCUT2D eigenvalue weighted by Gasteiger charge is -2.08. The highest BCUT2D eigenvalue weighted by Gasteiger charge is 2.20. The average molecular weight is 258 g/mol. The van der Waals surface area contributed by atoms with Crippen molar-refractivity contribution < 1.29 is 24.2 Å². The van der Waals surface area contributed by atoms with Crippen molar-refractivity contribution in [3.05, 3.63) is 22.4 Å². The Morgan fingerprint density at radius 3 is 2.76 bits per heavy atom. The van der Waals surface area contributed by atoms with E-state index in [1.54, 1.807) is 17.5 Å². The number of carbonyl (C=O) groups is 3. The van der Waals surface area contributed by atoms with E-state index in [2.05, 4.69) is 10.5 Å². The molecule has 1 unspecified atom stereocenters. The Bertz CT molecular complexity index is 417. The molecule has 0 aliphatic rings. The molecule has 1 rings (SSSR count). The van der Waals surface area contributed by atoms with E-state index in [0.29, 0.717) is 4.88 Å². The number of nitrogens with two attached hydrogens (primary N) is 1. The summed E-state index contributed by atoms with van der Waals surface area (Å²) in [7, 11) is 0. The zero-order valence-electron chi connectivity index (χ0n) is 8.58. The van der Waals surface area contributed by atoms with Crippen molar-refractivity contribution in [1.82, 2.24) is 5.32 Å². The molecule has 8 heteroatoms. The van der Waals surface area contributed by atoms with Crippen LogP contribution in [0, 0.1) is 0 Å². The van der Waals surface area contributed by atoms with Crippen LogP contribution < -0.4 is 11.1 Å². The Morgan fingerprint density at radius 2 is 2.24 bits per heavy atom. The maximum Gasteiger partial charge on any atom is 0.405 e. The van der Waals surface area contributed by atoms with E-state index in [-0.39, 0.29) is 0 Å². The van der Waals surface area contributed by atoms with E-state index >= 15 is 0 Å². The van der Waals surface area contributed by atoms with E-state index in [4.69, 9.17) is 0 Å². The predicted molar refractivity (Wildman–Crippen MR) is 58.0 cm³/mol. The van der Waals surface area contributed by atoms with Crippen molar-refractivity contribution in [2.24, 2.45) is 5.73 Å². The minimum atomic E-state index is -1.42. The van der Waals surface area contributed by atoms with Crippen molar-refractivity contribution in [3.8, 4) is 0 Å². The van der Waals surface area contributed by atoms with E-state index < -0.39 is 30.6 Å². The topological polar surface area (TPSA) is 119 Å². The Hall–Kier alpha value is -1.93. The fraction of sp³-hybridized carbons (Fsp3) is 0.222. The first-order chi connectivity index (χ1) is 8.00. The van der Waals surface area contributed by atoms with E-state index in [0.717, 1.165) is 0 Å². The van der Waals surface area contributed by atoms with Crippen molar-refractivity contribution in [2.45, 2.75) is 6.10 Å². The summed E-state index contributed by atoms with van der Waals surface area (Å²) >= 11 is 1.18. The number of thiophene rings is 1. The first-order valence-electron chi connectivity index (χ1n) is 4.48. The number of hydrogen-bond donors (Lipinski definition) is 3. The molecule has 4 N–H and O–H groups in total. The molecule has 0 aromatic carbocycles. The van der Waals surface area contributed by atoms with Crippen molar-refractivity contribution >= 4 is 29.2 Å². The molecular weight excluding hydrogens is 248 g/mol. The summed E-state index contributed by atoms with van der Waals surface area (Å²) in [5.74, 6) is -1.74. The highest BCUT2D eigenvalue weighted by Crippen LogP contribution is 2.18. The Labute approximate surface area is 100 Å². The number of carbonyl (C=O) groups excluding carboxylic acids is 3. The number of aliphatic hydroxyl groups excluding tert-OH is 1. The molecule has 1 heterocycles. The number of nitrogens with one attached hydrogen (secondary N) is 1. The second-order valence-corrected chi connectivity index (χ2v) is 3.92. The fourth-order valence-electron chi connectivity index (χ4n) is 0.955. The van der Waals surface area contributed by atoms with E-state index in [1.165, 1.54) is 11.3 Å². The fourth-order valence-corrected chi connectivity index (χ4v) is 1.66. The average Bonchev–Trinajstić information content (AvgIpc) is 2.78. The van der Waals surface area contributed by atoms with Crippen LogP contribution in [0.3, 0.4) is 0 Å². The molecular formula is C9H10N2O5S. The van der Waals surface area contributed by atoms with Crippen LogP contribution in [-0.4, -0.2) is 29.6 Å². The standard InChI is InChI=1S/C9H10N2O5S/c10-9(15)16-4-6(12)11-8(14)7(13)5-2-1-3-17-5/h1-3,7,13H,4H2,(H2,10,15)(H,11,12,14). The molecule has 17 heavy (non-hydrogen) atoms. The molecule has 0 saturated carbocycles.